The molecule has 3 heterocycles. The average molecular weight is 313 g/mol. The van der Waals surface area contributed by atoms with E-state index >= 15 is 0 Å². The number of benzene rings is 1. The van der Waals surface area contributed by atoms with E-state index in [0.717, 1.165) is 55.0 Å². The third-order valence-electron chi connectivity index (χ3n) is 4.53. The highest BCUT2D eigenvalue weighted by atomic mass is 19.1. The molecule has 2 aromatic heterocycles. The first-order valence-corrected chi connectivity index (χ1v) is 8.08. The predicted octanol–water partition coefficient (Wildman–Crippen LogP) is 3.04. The quantitative estimate of drug-likeness (QED) is 0.805. The van der Waals surface area contributed by atoms with Gasteiger partial charge in [0.2, 0.25) is 0 Å². The number of imidazole rings is 1. The monoisotopic (exact) mass is 313 g/mol. The van der Waals surface area contributed by atoms with Crippen molar-refractivity contribution in [1.82, 2.24) is 24.6 Å². The molecule has 4 rings (SSSR count). The molecule has 6 heteroatoms. The van der Waals surface area contributed by atoms with Crippen LogP contribution < -0.4 is 0 Å². The van der Waals surface area contributed by atoms with Crippen molar-refractivity contribution in [2.75, 3.05) is 13.1 Å². The first-order valence-electron chi connectivity index (χ1n) is 8.08. The Kier molecular flexibility index (Phi) is 3.61. The lowest BCUT2D eigenvalue weighted by Crippen LogP contribution is -2.28. The zero-order valence-electron chi connectivity index (χ0n) is 13.2. The van der Waals surface area contributed by atoms with Crippen LogP contribution >= 0.6 is 0 Å². The summed E-state index contributed by atoms with van der Waals surface area (Å²) in [4.78, 5) is 10.4. The van der Waals surface area contributed by atoms with Crippen LogP contribution in [0.4, 0.5) is 4.39 Å². The Hall–Kier alpha value is -2.21. The van der Waals surface area contributed by atoms with Crippen molar-refractivity contribution in [2.45, 2.75) is 32.4 Å². The van der Waals surface area contributed by atoms with Crippen molar-refractivity contribution in [1.29, 1.82) is 0 Å². The van der Waals surface area contributed by atoms with Crippen LogP contribution in [0.3, 0.4) is 0 Å². The van der Waals surface area contributed by atoms with Crippen LogP contribution in [0.15, 0.2) is 30.5 Å². The number of likely N-dealkylation sites (tertiary alicyclic amines) is 1. The van der Waals surface area contributed by atoms with Gasteiger partial charge in [-0.3, -0.25) is 9.58 Å². The minimum absolute atomic E-state index is 0.231. The van der Waals surface area contributed by atoms with Gasteiger partial charge in [0.25, 0.3) is 0 Å². The molecule has 1 unspecified atom stereocenters. The van der Waals surface area contributed by atoms with Crippen LogP contribution in [0, 0.1) is 12.7 Å². The maximum atomic E-state index is 13.3. The molecule has 0 saturated carbocycles. The Morgan fingerprint density at radius 2 is 2.22 bits per heavy atom. The van der Waals surface area contributed by atoms with Gasteiger partial charge in [-0.05, 0) is 50.6 Å². The summed E-state index contributed by atoms with van der Waals surface area (Å²) >= 11 is 0. The summed E-state index contributed by atoms with van der Waals surface area (Å²) in [6.07, 6.45) is 4.26. The van der Waals surface area contributed by atoms with Crippen LogP contribution in [-0.2, 0) is 6.54 Å². The first kappa shape index (κ1) is 14.4. The maximum Gasteiger partial charge on any atom is 0.125 e. The SMILES string of the molecule is Cc1ccn(CCN2CCCC2c2nc3ccc(F)cc3[nH]2)n1. The maximum absolute atomic E-state index is 13.3. The summed E-state index contributed by atoms with van der Waals surface area (Å²) in [6, 6.07) is 7.00. The van der Waals surface area contributed by atoms with Crippen LogP contribution in [-0.4, -0.2) is 37.7 Å². The molecule has 0 amide bonds. The van der Waals surface area contributed by atoms with Gasteiger partial charge in [0, 0.05) is 12.7 Å². The van der Waals surface area contributed by atoms with Crippen molar-refractivity contribution in [3.63, 3.8) is 0 Å². The molecule has 1 aromatic carbocycles. The number of rotatable bonds is 4. The van der Waals surface area contributed by atoms with E-state index in [1.54, 1.807) is 6.07 Å². The van der Waals surface area contributed by atoms with Gasteiger partial charge >= 0.3 is 0 Å². The molecule has 0 radical (unpaired) electrons. The molecule has 120 valence electrons. The smallest absolute Gasteiger partial charge is 0.125 e. The Balaban J connectivity index is 1.51. The van der Waals surface area contributed by atoms with Crippen molar-refractivity contribution >= 4 is 11.0 Å². The third-order valence-corrected chi connectivity index (χ3v) is 4.53. The van der Waals surface area contributed by atoms with Crippen LogP contribution in [0.1, 0.15) is 30.4 Å². The molecule has 1 N–H and O–H groups in total. The Labute approximate surface area is 134 Å². The molecule has 1 fully saturated rings. The molecular formula is C17H20FN5. The lowest BCUT2D eigenvalue weighted by atomic mass is 10.2. The predicted molar refractivity (Wildman–Crippen MR) is 86.6 cm³/mol. The molecule has 5 nitrogen and oxygen atoms in total. The summed E-state index contributed by atoms with van der Waals surface area (Å²) < 4.78 is 15.3. The van der Waals surface area contributed by atoms with E-state index in [1.807, 2.05) is 23.9 Å². The number of aromatic nitrogens is 4. The molecule has 3 aromatic rings. The fraction of sp³-hybridized carbons (Fsp3) is 0.412. The second-order valence-corrected chi connectivity index (χ2v) is 6.20. The molecule has 1 aliphatic heterocycles. The van der Waals surface area contributed by atoms with E-state index in [2.05, 4.69) is 20.0 Å². The normalized spacial score (nSPS) is 19.0. The van der Waals surface area contributed by atoms with Crippen molar-refractivity contribution < 1.29 is 4.39 Å². The molecule has 0 spiro atoms. The lowest BCUT2D eigenvalue weighted by Gasteiger charge is -2.22. The largest absolute Gasteiger partial charge is 0.341 e. The fourth-order valence-corrected chi connectivity index (χ4v) is 3.38. The van der Waals surface area contributed by atoms with Gasteiger partial charge in [-0.15, -0.1) is 0 Å². The summed E-state index contributed by atoms with van der Waals surface area (Å²) in [5.74, 6) is 0.713. The number of halogens is 1. The van der Waals surface area contributed by atoms with Crippen molar-refractivity contribution in [3.05, 3.63) is 47.8 Å². The van der Waals surface area contributed by atoms with E-state index in [0.29, 0.717) is 0 Å². The minimum atomic E-state index is -0.231. The molecule has 1 saturated heterocycles. The molecule has 23 heavy (non-hydrogen) atoms. The minimum Gasteiger partial charge on any atom is -0.341 e. The summed E-state index contributed by atoms with van der Waals surface area (Å²) in [6.45, 7) is 4.88. The van der Waals surface area contributed by atoms with Gasteiger partial charge in [0.15, 0.2) is 0 Å². The summed E-state index contributed by atoms with van der Waals surface area (Å²) in [5.41, 5.74) is 2.65. The van der Waals surface area contributed by atoms with Gasteiger partial charge < -0.3 is 4.98 Å². The zero-order valence-corrected chi connectivity index (χ0v) is 13.2. The first-order chi connectivity index (χ1) is 11.2. The zero-order chi connectivity index (χ0) is 15.8. The van der Waals surface area contributed by atoms with E-state index < -0.39 is 0 Å². The average Bonchev–Trinajstić information content (AvgIpc) is 3.22. The Bertz CT molecular complexity index is 821. The highest BCUT2D eigenvalue weighted by Gasteiger charge is 2.28. The van der Waals surface area contributed by atoms with Crippen LogP contribution in [0.5, 0.6) is 0 Å². The van der Waals surface area contributed by atoms with Crippen LogP contribution in [0.25, 0.3) is 11.0 Å². The topological polar surface area (TPSA) is 49.7 Å². The number of nitrogens with one attached hydrogen (secondary N) is 1. The number of fused-ring (bicyclic) bond motifs is 1. The summed E-state index contributed by atoms with van der Waals surface area (Å²) in [5, 5.41) is 4.44. The van der Waals surface area contributed by atoms with Crippen LogP contribution in [0.2, 0.25) is 0 Å². The fourth-order valence-electron chi connectivity index (χ4n) is 3.38. The van der Waals surface area contributed by atoms with Crippen molar-refractivity contribution in [3.8, 4) is 0 Å². The highest BCUT2D eigenvalue weighted by Crippen LogP contribution is 2.31. The van der Waals surface area contributed by atoms with Gasteiger partial charge in [0.1, 0.15) is 11.6 Å². The van der Waals surface area contributed by atoms with Gasteiger partial charge in [-0.25, -0.2) is 9.37 Å². The van der Waals surface area contributed by atoms with Crippen molar-refractivity contribution in [2.24, 2.45) is 0 Å². The summed E-state index contributed by atoms with van der Waals surface area (Å²) in [7, 11) is 0. The van der Waals surface area contributed by atoms with E-state index in [9.17, 15) is 4.39 Å². The number of aryl methyl sites for hydroxylation is 1. The van der Waals surface area contributed by atoms with E-state index in [1.165, 1.54) is 12.1 Å². The number of aromatic amines is 1. The van der Waals surface area contributed by atoms with E-state index in [-0.39, 0.29) is 11.9 Å². The molecule has 1 atom stereocenters. The highest BCUT2D eigenvalue weighted by molar-refractivity contribution is 5.75. The second kappa shape index (κ2) is 5.77. The number of H-pyrrole nitrogens is 1. The van der Waals surface area contributed by atoms with Gasteiger partial charge in [-0.2, -0.15) is 5.10 Å². The second-order valence-electron chi connectivity index (χ2n) is 6.20. The number of nitrogens with zero attached hydrogens (tertiary/aromatic N) is 4. The Morgan fingerprint density at radius 3 is 3.04 bits per heavy atom. The van der Waals surface area contributed by atoms with Gasteiger partial charge in [-0.1, -0.05) is 0 Å². The molecule has 0 aliphatic carbocycles. The molecular weight excluding hydrogens is 293 g/mol. The third kappa shape index (κ3) is 2.86. The van der Waals surface area contributed by atoms with E-state index in [4.69, 9.17) is 0 Å². The molecule has 0 bridgehead atoms. The lowest BCUT2D eigenvalue weighted by molar-refractivity contribution is 0.236. The number of hydrogen-bond donors (Lipinski definition) is 1. The Morgan fingerprint density at radius 1 is 1.30 bits per heavy atom. The molecule has 1 aliphatic rings. The van der Waals surface area contributed by atoms with Gasteiger partial charge in [0.05, 0.1) is 29.3 Å². The number of hydrogen-bond acceptors (Lipinski definition) is 3. The standard InChI is InChI=1S/C17H20FN5/c1-12-6-8-23(21-12)10-9-22-7-2-3-16(22)17-19-14-5-4-13(18)11-15(14)20-17/h4-6,8,11,16H,2-3,7,9-10H2,1H3,(H,19,20).